The van der Waals surface area contributed by atoms with Gasteiger partial charge in [-0.05, 0) is 39.7 Å². The van der Waals surface area contributed by atoms with Crippen LogP contribution in [0.2, 0.25) is 0 Å². The fraction of sp³-hybridized carbons (Fsp3) is 1.00. The second-order valence-electron chi connectivity index (χ2n) is 4.94. The van der Waals surface area contributed by atoms with Gasteiger partial charge in [-0.25, -0.2) is 13.1 Å². The zero-order valence-electron chi connectivity index (χ0n) is 10.0. The number of rotatable bonds is 6. The molecule has 0 spiro atoms. The topological polar surface area (TPSA) is 81.4 Å². The minimum atomic E-state index is -3.28. The molecule has 1 unspecified atom stereocenters. The van der Waals surface area contributed by atoms with Crippen LogP contribution in [0.4, 0.5) is 0 Å². The standard InChI is InChI=1S/C10H22N2O3S/c1-10(2,5-6-11)12-16(13,14)8-9-4-3-7-15-9/h9,12H,3-8,11H2,1-2H3. The van der Waals surface area contributed by atoms with Crippen LogP contribution in [-0.2, 0) is 14.8 Å². The summed E-state index contributed by atoms with van der Waals surface area (Å²) in [5.74, 6) is 0.0565. The number of ether oxygens (including phenoxy) is 1. The summed E-state index contributed by atoms with van der Waals surface area (Å²) >= 11 is 0. The Morgan fingerprint density at radius 2 is 2.19 bits per heavy atom. The lowest BCUT2D eigenvalue weighted by atomic mass is 10.0. The summed E-state index contributed by atoms with van der Waals surface area (Å²) in [4.78, 5) is 0. The van der Waals surface area contributed by atoms with E-state index in [0.717, 1.165) is 12.8 Å². The van der Waals surface area contributed by atoms with E-state index in [2.05, 4.69) is 4.72 Å². The molecule has 0 aromatic carbocycles. The second kappa shape index (κ2) is 5.44. The fourth-order valence-electron chi connectivity index (χ4n) is 1.90. The van der Waals surface area contributed by atoms with Crippen LogP contribution in [0.5, 0.6) is 0 Å². The van der Waals surface area contributed by atoms with E-state index in [1.165, 1.54) is 0 Å². The van der Waals surface area contributed by atoms with Crippen LogP contribution in [-0.4, -0.2) is 39.0 Å². The van der Waals surface area contributed by atoms with Gasteiger partial charge in [0.15, 0.2) is 0 Å². The maximum absolute atomic E-state index is 11.8. The Kier molecular flexibility index (Phi) is 4.73. The van der Waals surface area contributed by atoms with Crippen molar-refractivity contribution in [3.63, 3.8) is 0 Å². The lowest BCUT2D eigenvalue weighted by Gasteiger charge is -2.26. The second-order valence-corrected chi connectivity index (χ2v) is 6.71. The third-order valence-corrected chi connectivity index (χ3v) is 4.30. The van der Waals surface area contributed by atoms with Gasteiger partial charge < -0.3 is 10.5 Å². The molecule has 16 heavy (non-hydrogen) atoms. The molecule has 0 bridgehead atoms. The molecule has 0 radical (unpaired) electrons. The van der Waals surface area contributed by atoms with E-state index in [1.807, 2.05) is 13.8 Å². The van der Waals surface area contributed by atoms with E-state index < -0.39 is 15.6 Å². The van der Waals surface area contributed by atoms with Crippen molar-refractivity contribution in [3.8, 4) is 0 Å². The number of sulfonamides is 1. The average molecular weight is 250 g/mol. The van der Waals surface area contributed by atoms with Crippen molar-refractivity contribution in [2.24, 2.45) is 5.73 Å². The Hall–Kier alpha value is -0.170. The molecule has 6 heteroatoms. The molecule has 1 aliphatic rings. The summed E-state index contributed by atoms with van der Waals surface area (Å²) < 4.78 is 31.7. The smallest absolute Gasteiger partial charge is 0.214 e. The summed E-state index contributed by atoms with van der Waals surface area (Å²) in [6.45, 7) is 4.82. The first-order valence-electron chi connectivity index (χ1n) is 5.68. The molecule has 0 aromatic heterocycles. The minimum absolute atomic E-state index is 0.0565. The SMILES string of the molecule is CC(C)(CCN)NS(=O)(=O)CC1CCCO1. The zero-order valence-corrected chi connectivity index (χ0v) is 10.8. The Balaban J connectivity index is 2.50. The highest BCUT2D eigenvalue weighted by Crippen LogP contribution is 2.15. The monoisotopic (exact) mass is 250 g/mol. The van der Waals surface area contributed by atoms with E-state index >= 15 is 0 Å². The molecule has 1 aliphatic heterocycles. The van der Waals surface area contributed by atoms with Crippen molar-refractivity contribution in [1.82, 2.24) is 4.72 Å². The van der Waals surface area contributed by atoms with Crippen molar-refractivity contribution >= 4 is 10.0 Å². The highest BCUT2D eigenvalue weighted by molar-refractivity contribution is 7.89. The van der Waals surface area contributed by atoms with Crippen LogP contribution in [0.15, 0.2) is 0 Å². The largest absolute Gasteiger partial charge is 0.377 e. The molecule has 1 fully saturated rings. The van der Waals surface area contributed by atoms with Crippen LogP contribution < -0.4 is 10.5 Å². The van der Waals surface area contributed by atoms with Gasteiger partial charge in [0.05, 0.1) is 11.9 Å². The maximum atomic E-state index is 11.8. The molecule has 0 amide bonds. The highest BCUT2D eigenvalue weighted by Gasteiger charge is 2.28. The average Bonchev–Trinajstić information content (AvgIpc) is 2.52. The molecular formula is C10H22N2O3S. The molecule has 96 valence electrons. The first-order valence-corrected chi connectivity index (χ1v) is 7.33. The first kappa shape index (κ1) is 13.9. The van der Waals surface area contributed by atoms with Gasteiger partial charge in [-0.3, -0.25) is 0 Å². The highest BCUT2D eigenvalue weighted by atomic mass is 32.2. The van der Waals surface area contributed by atoms with Crippen molar-refractivity contribution in [2.45, 2.75) is 44.8 Å². The molecule has 5 nitrogen and oxygen atoms in total. The predicted octanol–water partition coefficient (Wildman–Crippen LogP) is 0.212. The van der Waals surface area contributed by atoms with E-state index in [1.54, 1.807) is 0 Å². The summed E-state index contributed by atoms with van der Waals surface area (Å²) in [5.41, 5.74) is 4.96. The number of nitrogens with two attached hydrogens (primary N) is 1. The normalized spacial score (nSPS) is 22.6. The molecule has 1 saturated heterocycles. The summed E-state index contributed by atoms with van der Waals surface area (Å²) in [6.07, 6.45) is 2.26. The number of hydrogen-bond donors (Lipinski definition) is 2. The Morgan fingerprint density at radius 3 is 2.69 bits per heavy atom. The summed E-state index contributed by atoms with van der Waals surface area (Å²) in [5, 5.41) is 0. The lowest BCUT2D eigenvalue weighted by Crippen LogP contribution is -2.47. The van der Waals surface area contributed by atoms with Gasteiger partial charge in [-0.2, -0.15) is 0 Å². The van der Waals surface area contributed by atoms with Crippen LogP contribution >= 0.6 is 0 Å². The predicted molar refractivity (Wildman–Crippen MR) is 63.6 cm³/mol. The Bertz CT molecular complexity index is 308. The van der Waals surface area contributed by atoms with Crippen molar-refractivity contribution < 1.29 is 13.2 Å². The molecule has 0 aliphatic carbocycles. The van der Waals surface area contributed by atoms with Gasteiger partial charge >= 0.3 is 0 Å². The van der Waals surface area contributed by atoms with Crippen molar-refractivity contribution in [1.29, 1.82) is 0 Å². The fourth-order valence-corrected chi connectivity index (χ4v) is 3.67. The van der Waals surface area contributed by atoms with Gasteiger partial charge in [0, 0.05) is 12.1 Å². The number of nitrogens with one attached hydrogen (secondary N) is 1. The number of hydrogen-bond acceptors (Lipinski definition) is 4. The van der Waals surface area contributed by atoms with Gasteiger partial charge in [-0.1, -0.05) is 0 Å². The third kappa shape index (κ3) is 4.78. The molecule has 1 atom stereocenters. The molecule has 0 aromatic rings. The van der Waals surface area contributed by atoms with E-state index in [4.69, 9.17) is 10.5 Å². The molecular weight excluding hydrogens is 228 g/mol. The molecule has 1 rings (SSSR count). The van der Waals surface area contributed by atoms with Crippen LogP contribution in [0.1, 0.15) is 33.1 Å². The Morgan fingerprint density at radius 1 is 1.50 bits per heavy atom. The van der Waals surface area contributed by atoms with Gasteiger partial charge in [-0.15, -0.1) is 0 Å². The van der Waals surface area contributed by atoms with E-state index in [-0.39, 0.29) is 11.9 Å². The minimum Gasteiger partial charge on any atom is -0.377 e. The first-order chi connectivity index (χ1) is 7.35. The lowest BCUT2D eigenvalue weighted by molar-refractivity contribution is 0.127. The molecule has 3 N–H and O–H groups in total. The molecule has 1 heterocycles. The van der Waals surface area contributed by atoms with Gasteiger partial charge in [0.2, 0.25) is 10.0 Å². The van der Waals surface area contributed by atoms with Crippen LogP contribution in [0.25, 0.3) is 0 Å². The van der Waals surface area contributed by atoms with Crippen LogP contribution in [0.3, 0.4) is 0 Å². The zero-order chi connectivity index (χ0) is 12.2. The third-order valence-electron chi connectivity index (χ3n) is 2.63. The van der Waals surface area contributed by atoms with Crippen molar-refractivity contribution in [3.05, 3.63) is 0 Å². The van der Waals surface area contributed by atoms with Gasteiger partial charge in [0.25, 0.3) is 0 Å². The maximum Gasteiger partial charge on any atom is 0.214 e. The summed E-state index contributed by atoms with van der Waals surface area (Å²) in [6, 6.07) is 0. The summed E-state index contributed by atoms with van der Waals surface area (Å²) in [7, 11) is -3.28. The van der Waals surface area contributed by atoms with E-state index in [9.17, 15) is 8.42 Å². The molecule has 0 saturated carbocycles. The van der Waals surface area contributed by atoms with E-state index in [0.29, 0.717) is 19.6 Å². The Labute approximate surface area is 97.8 Å². The van der Waals surface area contributed by atoms with Gasteiger partial charge in [0.1, 0.15) is 0 Å². The van der Waals surface area contributed by atoms with Crippen LogP contribution in [0, 0.1) is 0 Å². The quantitative estimate of drug-likeness (QED) is 0.706. The van der Waals surface area contributed by atoms with Crippen molar-refractivity contribution in [2.75, 3.05) is 18.9 Å².